The topological polar surface area (TPSA) is 64.1 Å². The molecule has 1 rings (SSSR count). The van der Waals surface area contributed by atoms with E-state index in [1.807, 2.05) is 6.07 Å². The number of methoxy groups -OCH3 is 3. The summed E-state index contributed by atoms with van der Waals surface area (Å²) in [6.07, 6.45) is 1.77. The van der Waals surface area contributed by atoms with E-state index in [4.69, 9.17) is 14.2 Å². The van der Waals surface area contributed by atoms with Gasteiger partial charge in [0.05, 0.1) is 21.3 Å². The number of ether oxygens (including phenoxy) is 3. The molecular weight excluding hydrogens is 270 g/mol. The molecule has 6 nitrogen and oxygen atoms in total. The molecule has 0 aliphatic carbocycles. The molecule has 0 radical (unpaired) electrons. The summed E-state index contributed by atoms with van der Waals surface area (Å²) >= 11 is 0. The van der Waals surface area contributed by atoms with E-state index in [-0.39, 0.29) is 0 Å². The highest BCUT2D eigenvalue weighted by molar-refractivity contribution is 5.79. The maximum Gasteiger partial charge on any atom is 0.191 e. The van der Waals surface area contributed by atoms with Gasteiger partial charge in [-0.1, -0.05) is 6.08 Å². The number of hydrogen-bond donors (Lipinski definition) is 2. The average Bonchev–Trinajstić information content (AvgIpc) is 2.54. The van der Waals surface area contributed by atoms with E-state index in [2.05, 4.69) is 22.2 Å². The molecular formula is C15H23N3O3. The Morgan fingerprint density at radius 1 is 1.10 bits per heavy atom. The Balaban J connectivity index is 2.88. The number of benzene rings is 1. The van der Waals surface area contributed by atoms with Crippen LogP contribution >= 0.6 is 0 Å². The molecule has 0 fully saturated rings. The second-order valence-electron chi connectivity index (χ2n) is 4.11. The number of aliphatic imine (C=N–C) groups is 1. The van der Waals surface area contributed by atoms with Gasteiger partial charge in [0.2, 0.25) is 0 Å². The van der Waals surface area contributed by atoms with Crippen LogP contribution in [0.2, 0.25) is 0 Å². The Bertz CT molecular complexity index is 501. The SMILES string of the molecule is C=CCNC(=NC)NCc1cc(OC)c(OC)cc1OC. The number of nitrogens with one attached hydrogen (secondary N) is 2. The van der Waals surface area contributed by atoms with E-state index in [9.17, 15) is 0 Å². The summed E-state index contributed by atoms with van der Waals surface area (Å²) in [6.45, 7) is 4.84. The first kappa shape index (κ1) is 16.7. The third-order valence-corrected chi connectivity index (χ3v) is 2.87. The normalized spacial score (nSPS) is 10.8. The Kier molecular flexibility index (Phi) is 6.94. The van der Waals surface area contributed by atoms with E-state index >= 15 is 0 Å². The number of hydrogen-bond acceptors (Lipinski definition) is 4. The summed E-state index contributed by atoms with van der Waals surface area (Å²) in [7, 11) is 6.53. The molecule has 0 amide bonds. The van der Waals surface area contributed by atoms with Crippen molar-refractivity contribution in [2.45, 2.75) is 6.54 Å². The van der Waals surface area contributed by atoms with Crippen LogP contribution in [0, 0.1) is 0 Å². The molecule has 0 aliphatic heterocycles. The standard InChI is InChI=1S/C15H23N3O3/c1-6-7-17-15(16-2)18-10-11-8-13(20-4)14(21-5)9-12(11)19-3/h6,8-9H,1,7,10H2,2-5H3,(H2,16,17,18). The van der Waals surface area contributed by atoms with Crippen LogP contribution in [0.25, 0.3) is 0 Å². The molecule has 0 bridgehead atoms. The lowest BCUT2D eigenvalue weighted by Gasteiger charge is -2.16. The fourth-order valence-corrected chi connectivity index (χ4v) is 1.80. The maximum absolute atomic E-state index is 5.38. The van der Waals surface area contributed by atoms with Crippen LogP contribution in [0.1, 0.15) is 5.56 Å². The predicted molar refractivity (Wildman–Crippen MR) is 84.5 cm³/mol. The van der Waals surface area contributed by atoms with E-state index in [0.29, 0.717) is 30.5 Å². The Morgan fingerprint density at radius 2 is 1.71 bits per heavy atom. The van der Waals surface area contributed by atoms with Gasteiger partial charge in [-0.15, -0.1) is 6.58 Å². The van der Waals surface area contributed by atoms with Crippen LogP contribution < -0.4 is 24.8 Å². The van der Waals surface area contributed by atoms with Crippen molar-refractivity contribution < 1.29 is 14.2 Å². The monoisotopic (exact) mass is 293 g/mol. The van der Waals surface area contributed by atoms with Gasteiger partial charge in [-0.2, -0.15) is 0 Å². The van der Waals surface area contributed by atoms with Crippen molar-refractivity contribution in [2.24, 2.45) is 4.99 Å². The van der Waals surface area contributed by atoms with Gasteiger partial charge in [0, 0.05) is 31.8 Å². The minimum absolute atomic E-state index is 0.542. The highest BCUT2D eigenvalue weighted by atomic mass is 16.5. The smallest absolute Gasteiger partial charge is 0.191 e. The van der Waals surface area contributed by atoms with Gasteiger partial charge < -0.3 is 24.8 Å². The predicted octanol–water partition coefficient (Wildman–Crippen LogP) is 1.56. The Morgan fingerprint density at radius 3 is 2.24 bits per heavy atom. The average molecular weight is 293 g/mol. The van der Waals surface area contributed by atoms with Crippen molar-refractivity contribution in [1.82, 2.24) is 10.6 Å². The Labute approximate surface area is 125 Å². The van der Waals surface area contributed by atoms with Crippen LogP contribution in [0.5, 0.6) is 17.2 Å². The van der Waals surface area contributed by atoms with Crippen LogP contribution in [0.3, 0.4) is 0 Å². The quantitative estimate of drug-likeness (QED) is 0.454. The Hall–Kier alpha value is -2.37. The zero-order chi connectivity index (χ0) is 15.7. The molecule has 0 unspecified atom stereocenters. The fourth-order valence-electron chi connectivity index (χ4n) is 1.80. The van der Waals surface area contributed by atoms with Crippen molar-refractivity contribution in [1.29, 1.82) is 0 Å². The van der Waals surface area contributed by atoms with Crippen LogP contribution in [0.4, 0.5) is 0 Å². The second-order valence-corrected chi connectivity index (χ2v) is 4.11. The van der Waals surface area contributed by atoms with Gasteiger partial charge in [0.1, 0.15) is 5.75 Å². The minimum Gasteiger partial charge on any atom is -0.496 e. The molecule has 6 heteroatoms. The van der Waals surface area contributed by atoms with Gasteiger partial charge in [-0.25, -0.2) is 0 Å². The molecule has 0 saturated carbocycles. The molecule has 21 heavy (non-hydrogen) atoms. The van der Waals surface area contributed by atoms with Crippen LogP contribution in [0.15, 0.2) is 29.8 Å². The largest absolute Gasteiger partial charge is 0.496 e. The number of guanidine groups is 1. The van der Waals surface area contributed by atoms with Gasteiger partial charge in [0.15, 0.2) is 17.5 Å². The summed E-state index contributed by atoms with van der Waals surface area (Å²) in [4.78, 5) is 4.12. The van der Waals surface area contributed by atoms with E-state index in [0.717, 1.165) is 11.3 Å². The van der Waals surface area contributed by atoms with Crippen molar-refractivity contribution in [3.63, 3.8) is 0 Å². The molecule has 0 atom stereocenters. The van der Waals surface area contributed by atoms with Crippen molar-refractivity contribution >= 4 is 5.96 Å². The minimum atomic E-state index is 0.542. The molecule has 0 aliphatic rings. The molecule has 0 heterocycles. The summed E-state index contributed by atoms with van der Waals surface area (Å²) in [6, 6.07) is 3.68. The number of rotatable bonds is 7. The van der Waals surface area contributed by atoms with Gasteiger partial charge >= 0.3 is 0 Å². The molecule has 0 saturated heterocycles. The molecule has 0 aromatic heterocycles. The zero-order valence-corrected chi connectivity index (χ0v) is 13.0. The van der Waals surface area contributed by atoms with Gasteiger partial charge in [-0.05, 0) is 6.07 Å². The molecule has 116 valence electrons. The van der Waals surface area contributed by atoms with E-state index in [1.165, 1.54) is 0 Å². The summed E-state index contributed by atoms with van der Waals surface area (Å²) in [5.41, 5.74) is 0.941. The first-order valence-corrected chi connectivity index (χ1v) is 6.54. The highest BCUT2D eigenvalue weighted by Crippen LogP contribution is 2.34. The van der Waals surface area contributed by atoms with Crippen molar-refractivity contribution in [3.05, 3.63) is 30.4 Å². The molecule has 2 N–H and O–H groups in total. The third-order valence-electron chi connectivity index (χ3n) is 2.87. The molecule has 1 aromatic rings. The zero-order valence-electron chi connectivity index (χ0n) is 13.0. The van der Waals surface area contributed by atoms with Crippen LogP contribution in [-0.2, 0) is 6.54 Å². The number of nitrogens with zero attached hydrogens (tertiary/aromatic N) is 1. The first-order chi connectivity index (χ1) is 10.2. The van der Waals surface area contributed by atoms with Crippen molar-refractivity contribution in [2.75, 3.05) is 34.9 Å². The van der Waals surface area contributed by atoms with Gasteiger partial charge in [0.25, 0.3) is 0 Å². The first-order valence-electron chi connectivity index (χ1n) is 6.54. The molecule has 0 spiro atoms. The summed E-state index contributed by atoms with van der Waals surface area (Å²) < 4.78 is 16.0. The third kappa shape index (κ3) is 4.59. The van der Waals surface area contributed by atoms with E-state index < -0.39 is 0 Å². The lowest BCUT2D eigenvalue weighted by molar-refractivity contribution is 0.347. The lowest BCUT2D eigenvalue weighted by atomic mass is 10.1. The van der Waals surface area contributed by atoms with Crippen LogP contribution in [-0.4, -0.2) is 40.9 Å². The maximum atomic E-state index is 5.38. The van der Waals surface area contributed by atoms with Gasteiger partial charge in [-0.3, -0.25) is 4.99 Å². The fraction of sp³-hybridized carbons (Fsp3) is 0.400. The van der Waals surface area contributed by atoms with Crippen molar-refractivity contribution in [3.8, 4) is 17.2 Å². The highest BCUT2D eigenvalue weighted by Gasteiger charge is 2.12. The van der Waals surface area contributed by atoms with E-state index in [1.54, 1.807) is 40.5 Å². The molecule has 1 aromatic carbocycles. The second kappa shape index (κ2) is 8.73. The summed E-state index contributed by atoms with van der Waals surface area (Å²) in [5, 5.41) is 6.30. The summed E-state index contributed by atoms with van der Waals surface area (Å²) in [5.74, 6) is 2.70. The lowest BCUT2D eigenvalue weighted by Crippen LogP contribution is -2.36.